The predicted molar refractivity (Wildman–Crippen MR) is 567 cm³/mol. The second-order valence-corrected chi connectivity index (χ2v) is 52.0. The minimum Gasteiger partial charge on any atom is -0.393 e. The van der Waals surface area contributed by atoms with Crippen molar-refractivity contribution in [2.45, 2.75) is 513 Å². The molecule has 16 rings (SSSR count). The average molecular weight is 1920 g/mol. The standard InChI is InChI=1S/C11H21N.C9H19N.C9H15N.2C9H18O.C8H15F.C8H13N.3C8H16O.C7H13F.C7H14O.C7H14.C6H10F2.C6H11F/c1-9(2)10-7-11(8-10)12-5-3-4-6-12;1-7(2)8-5-9(6-8)10(3)4;1-7(2)9-4-3-8(5-9)6-10;1-7(2)8-4-5-9(6-8)10-3;1-7(2)8-5-4-6-9(8)10-3;1-6(2)7-4-3-5-8(7)9;1-6(2)8-3-7(4-8)5-9;1-6(2)7-4-8(5-7)9-3;1-6(2)7-4-8(3,9)5-7;1-6(2)7-4-3-5-8(7)9;2*1-5(2)6-3-7(8)4-6;1-5(2)7-4-6(7)3;1-4(2)5-3-6(5,7)8;1-4(2)5-3-6(5)7/h9-11H,3-8H2,1-2H3;7-9H,5-6H2,1-4H3;7-9H,3-5H2,1-2H3;2*7-9H,4-6H2,1-3H3;6-8H,3-5H2,1-2H3;6-8H,3-4H2,1-2H3;6-8H,4-5H2,1-3H3;6-7,9H,4-5H2,1-3H3;6-9H,3-5H2,1-2H3;5-7H,3-4H2,1-2H3;5-8H,3-4H2,1-2H3;5-7H,4H2,1-3H3;4-5H,3H2,1-2H3;4-6H,3H2,1-2H3. The molecule has 15 atom stereocenters. The Balaban J connectivity index is 0.000000490. The number of nitriles is 2. The van der Waals surface area contributed by atoms with E-state index in [-0.39, 0.29) is 36.1 Å². The molecule has 135 heavy (non-hydrogen) atoms. The van der Waals surface area contributed by atoms with Crippen LogP contribution in [0.3, 0.4) is 0 Å². The Morgan fingerprint density at radius 1 is 0.348 bits per heavy atom. The molecule has 0 amide bonds. The van der Waals surface area contributed by atoms with Crippen LogP contribution in [0.15, 0.2) is 0 Å². The van der Waals surface area contributed by atoms with Crippen molar-refractivity contribution in [1.29, 1.82) is 10.5 Å². The molecular weight excluding hydrogens is 1690 g/mol. The van der Waals surface area contributed by atoms with Crippen molar-refractivity contribution in [2.75, 3.05) is 48.5 Å². The quantitative estimate of drug-likeness (QED) is 0.101. The number of hydrogen-bond acceptors (Lipinski definition) is 10. The molecule has 15 saturated carbocycles. The monoisotopic (exact) mass is 1920 g/mol. The molecule has 0 bridgehead atoms. The SMILES string of the molecule is CC(C)C1CC(C#N)C1.CC(C)C1CC(C)(O)C1.CC(C)C1CC(F)C1.CC(C)C1CC(N(C)C)C1.CC(C)C1CC(N2CCCC2)C1.CC(C)C1CC(O)C1.CC(C)C1CC1(F)F.CC(C)C1CC1C.CC(C)C1CC1F.CC(C)C1CCC(C#N)C1.CC(C)C1CCCC1F.CC(C)C1CCCC1O.COC1CC(C(C)C)C1.COC1CCC(C(C)C)C1.COC1CCCC1C(C)C. The normalized spacial score (nSPS) is 35.9. The van der Waals surface area contributed by atoms with E-state index < -0.39 is 24.4 Å². The highest BCUT2D eigenvalue weighted by Crippen LogP contribution is 2.53. The first-order valence-corrected chi connectivity index (χ1v) is 57.1. The third kappa shape index (κ3) is 50.8. The number of alkyl halides is 5. The van der Waals surface area contributed by atoms with E-state index in [1.165, 1.54) is 129 Å². The minimum atomic E-state index is -2.31. The molecule has 10 nitrogen and oxygen atoms in total. The van der Waals surface area contributed by atoms with Crippen LogP contribution >= 0.6 is 0 Å². The fraction of sp³-hybridized carbons (Fsp3) is 0.983. The van der Waals surface area contributed by atoms with Crippen LogP contribution in [0.2, 0.25) is 0 Å². The average Bonchev–Trinajstić information content (AvgIpc) is 1.63. The van der Waals surface area contributed by atoms with E-state index in [1.54, 1.807) is 7.11 Å². The molecule has 1 heterocycles. The summed E-state index contributed by atoms with van der Waals surface area (Å²) in [5, 5.41) is 44.6. The van der Waals surface area contributed by atoms with Gasteiger partial charge in [-0.2, -0.15) is 10.5 Å². The Morgan fingerprint density at radius 2 is 0.711 bits per heavy atom. The van der Waals surface area contributed by atoms with Gasteiger partial charge >= 0.3 is 0 Å². The van der Waals surface area contributed by atoms with Crippen molar-refractivity contribution in [3.63, 3.8) is 0 Å². The number of aliphatic hydroxyl groups excluding tert-OH is 2. The second kappa shape index (κ2) is 65.7. The van der Waals surface area contributed by atoms with Crippen LogP contribution in [0, 0.1) is 218 Å². The molecule has 800 valence electrons. The van der Waals surface area contributed by atoms with E-state index >= 15 is 0 Å². The minimum absolute atomic E-state index is 0.00463. The number of methoxy groups -OCH3 is 3. The lowest BCUT2D eigenvalue weighted by molar-refractivity contribution is -0.0713. The van der Waals surface area contributed by atoms with Gasteiger partial charge in [-0.1, -0.05) is 234 Å². The van der Waals surface area contributed by atoms with Gasteiger partial charge in [-0.25, -0.2) is 22.0 Å². The van der Waals surface area contributed by atoms with Gasteiger partial charge in [0.25, 0.3) is 5.92 Å². The van der Waals surface area contributed by atoms with Crippen LogP contribution in [0.5, 0.6) is 0 Å². The van der Waals surface area contributed by atoms with E-state index in [9.17, 15) is 32.2 Å². The van der Waals surface area contributed by atoms with E-state index in [0.717, 1.165) is 233 Å². The number of likely N-dealkylation sites (tertiary alicyclic amines) is 1. The first-order valence-electron chi connectivity index (χ1n) is 57.1. The van der Waals surface area contributed by atoms with Crippen molar-refractivity contribution < 1.29 is 51.5 Å². The van der Waals surface area contributed by atoms with Gasteiger partial charge in [-0.05, 0) is 404 Å². The molecule has 1 saturated heterocycles. The topological polar surface area (TPSA) is 142 Å². The molecule has 16 fully saturated rings. The van der Waals surface area contributed by atoms with Gasteiger partial charge in [0.05, 0.1) is 48.3 Å². The van der Waals surface area contributed by atoms with Gasteiger partial charge < -0.3 is 39.3 Å². The summed E-state index contributed by atoms with van der Waals surface area (Å²) in [5.74, 6) is 21.3. The lowest BCUT2D eigenvalue weighted by atomic mass is 9.67. The number of nitrogens with zero attached hydrogens (tertiary/aromatic N) is 4. The smallest absolute Gasteiger partial charge is 0.251 e. The zero-order valence-electron chi connectivity index (χ0n) is 95.5. The molecule has 15 heteroatoms. The third-order valence-electron chi connectivity index (χ3n) is 35.8. The van der Waals surface area contributed by atoms with Crippen LogP contribution in [-0.4, -0.2) is 146 Å². The molecule has 0 aromatic heterocycles. The molecule has 1 aliphatic heterocycles. The summed E-state index contributed by atoms with van der Waals surface area (Å²) in [6, 6.07) is 6.49. The summed E-state index contributed by atoms with van der Waals surface area (Å²) in [6.07, 6.45) is 40.0. The first kappa shape index (κ1) is 129. The van der Waals surface area contributed by atoms with Crippen molar-refractivity contribution in [2.24, 2.45) is 195 Å². The summed E-state index contributed by atoms with van der Waals surface area (Å²) in [5.41, 5.74) is -0.324. The molecular formula is C120H229F5N4O6. The van der Waals surface area contributed by atoms with Crippen LogP contribution < -0.4 is 0 Å². The summed E-state index contributed by atoms with van der Waals surface area (Å²) >= 11 is 0. The fourth-order valence-corrected chi connectivity index (χ4v) is 22.8. The van der Waals surface area contributed by atoms with E-state index in [4.69, 9.17) is 29.8 Å². The maximum Gasteiger partial charge on any atom is 0.251 e. The Labute approximate surface area is 835 Å². The molecule has 3 N–H and O–H groups in total. The highest BCUT2D eigenvalue weighted by Gasteiger charge is 2.58. The van der Waals surface area contributed by atoms with Gasteiger partial charge in [-0.15, -0.1) is 0 Å². The molecule has 15 aliphatic carbocycles. The predicted octanol–water partition coefficient (Wildman–Crippen LogP) is 33.0. The number of halogens is 5. The van der Waals surface area contributed by atoms with Gasteiger partial charge in [0.1, 0.15) is 18.5 Å². The number of hydrogen-bond donors (Lipinski definition) is 3. The van der Waals surface area contributed by atoms with Gasteiger partial charge in [0.15, 0.2) is 0 Å². The van der Waals surface area contributed by atoms with Crippen LogP contribution in [0.1, 0.15) is 440 Å². The lowest BCUT2D eigenvalue weighted by Crippen LogP contribution is -2.44. The van der Waals surface area contributed by atoms with Crippen molar-refractivity contribution in [1.82, 2.24) is 9.80 Å². The zero-order valence-corrected chi connectivity index (χ0v) is 95.5. The van der Waals surface area contributed by atoms with Gasteiger partial charge in [0.2, 0.25) is 0 Å². The Kier molecular flexibility index (Phi) is 63.0. The molecule has 16 aliphatic rings. The summed E-state index contributed by atoms with van der Waals surface area (Å²) in [4.78, 5) is 5.05. The summed E-state index contributed by atoms with van der Waals surface area (Å²) in [6.45, 7) is 73.5. The number of aliphatic hydroxyl groups is 3. The second-order valence-electron chi connectivity index (χ2n) is 52.0. The highest BCUT2D eigenvalue weighted by molar-refractivity contribution is 4.98. The summed E-state index contributed by atoms with van der Waals surface area (Å²) in [7, 11) is 9.84. The van der Waals surface area contributed by atoms with Crippen molar-refractivity contribution in [3.8, 4) is 12.1 Å². The lowest BCUT2D eigenvalue weighted by Gasteiger charge is -2.43. The van der Waals surface area contributed by atoms with E-state index in [0.29, 0.717) is 77.5 Å². The van der Waals surface area contributed by atoms with Gasteiger partial charge in [-0.3, -0.25) is 0 Å². The molecule has 0 radical (unpaired) electrons. The third-order valence-corrected chi connectivity index (χ3v) is 35.8. The first-order chi connectivity index (χ1) is 62.9. The van der Waals surface area contributed by atoms with Crippen LogP contribution in [0.4, 0.5) is 22.0 Å². The Hall–Kier alpha value is -1.69. The Morgan fingerprint density at radius 3 is 0.948 bits per heavy atom. The van der Waals surface area contributed by atoms with Crippen molar-refractivity contribution >= 4 is 0 Å². The largest absolute Gasteiger partial charge is 0.393 e. The number of rotatable bonds is 20. The van der Waals surface area contributed by atoms with Gasteiger partial charge in [0, 0.05) is 57.6 Å². The van der Waals surface area contributed by atoms with Crippen LogP contribution in [0.25, 0.3) is 0 Å². The molecule has 15 unspecified atom stereocenters. The fourth-order valence-electron chi connectivity index (χ4n) is 22.8. The summed E-state index contributed by atoms with van der Waals surface area (Å²) < 4.78 is 76.9. The van der Waals surface area contributed by atoms with E-state index in [1.807, 2.05) is 35.0 Å². The zero-order chi connectivity index (χ0) is 103. The van der Waals surface area contributed by atoms with Crippen LogP contribution in [-0.2, 0) is 14.2 Å². The Bertz CT molecular complexity index is 2930. The maximum absolute atomic E-state index is 12.8. The van der Waals surface area contributed by atoms with E-state index in [2.05, 4.69) is 237 Å². The molecule has 0 aromatic carbocycles. The highest BCUT2D eigenvalue weighted by atomic mass is 19.3. The molecule has 0 spiro atoms. The van der Waals surface area contributed by atoms with Crippen molar-refractivity contribution in [3.05, 3.63) is 0 Å². The number of ether oxygens (including phenoxy) is 3. The molecule has 0 aromatic rings. The maximum atomic E-state index is 12.8.